The van der Waals surface area contributed by atoms with Gasteiger partial charge in [-0.3, -0.25) is 14.6 Å². The van der Waals surface area contributed by atoms with Crippen LogP contribution in [0.4, 0.5) is 0 Å². The van der Waals surface area contributed by atoms with Crippen LogP contribution < -0.4 is 0 Å². The van der Waals surface area contributed by atoms with Crippen LogP contribution >= 0.6 is 11.3 Å². The Balaban J connectivity index is 1.44. The first-order chi connectivity index (χ1) is 11.7. The van der Waals surface area contributed by atoms with E-state index in [0.29, 0.717) is 5.91 Å². The molecule has 24 heavy (non-hydrogen) atoms. The van der Waals surface area contributed by atoms with Gasteiger partial charge < -0.3 is 9.80 Å². The molecule has 3 heterocycles. The normalized spacial score (nSPS) is 22.7. The maximum Gasteiger partial charge on any atom is 0.239 e. The Labute approximate surface area is 149 Å². The minimum absolute atomic E-state index is 0.0158. The van der Waals surface area contributed by atoms with Gasteiger partial charge in [-0.25, -0.2) is 0 Å². The molecule has 0 bridgehead atoms. The Kier molecular flexibility index (Phi) is 6.27. The van der Waals surface area contributed by atoms with E-state index in [2.05, 4.69) is 51.0 Å². The van der Waals surface area contributed by atoms with Crippen LogP contribution in [-0.2, 0) is 11.3 Å². The zero-order valence-corrected chi connectivity index (χ0v) is 15.8. The highest BCUT2D eigenvalue weighted by molar-refractivity contribution is 7.09. The van der Waals surface area contributed by atoms with Crippen molar-refractivity contribution >= 4 is 17.2 Å². The third kappa shape index (κ3) is 4.36. The molecule has 0 aromatic carbocycles. The molecule has 2 aliphatic rings. The molecule has 1 atom stereocenters. The molecule has 6 heteroatoms. The molecule has 1 aromatic rings. The highest BCUT2D eigenvalue weighted by Gasteiger charge is 2.30. The summed E-state index contributed by atoms with van der Waals surface area (Å²) in [4.78, 5) is 23.6. The fourth-order valence-corrected chi connectivity index (χ4v) is 4.38. The van der Waals surface area contributed by atoms with Crippen molar-refractivity contribution in [1.29, 1.82) is 0 Å². The number of rotatable bonds is 5. The number of thiophene rings is 1. The van der Waals surface area contributed by atoms with Gasteiger partial charge in [0.15, 0.2) is 0 Å². The topological polar surface area (TPSA) is 30.0 Å². The summed E-state index contributed by atoms with van der Waals surface area (Å²) in [6.07, 6.45) is 0. The highest BCUT2D eigenvalue weighted by atomic mass is 32.1. The highest BCUT2D eigenvalue weighted by Crippen LogP contribution is 2.15. The number of carbonyl (C=O) groups is 1. The summed E-state index contributed by atoms with van der Waals surface area (Å²) in [6, 6.07) is 4.34. The fraction of sp³-hybridized carbons (Fsp3) is 0.722. The average Bonchev–Trinajstić information content (AvgIpc) is 3.14. The minimum atomic E-state index is 0.0158. The lowest BCUT2D eigenvalue weighted by Crippen LogP contribution is -2.57. The van der Waals surface area contributed by atoms with Crippen LogP contribution in [0.2, 0.25) is 0 Å². The fourth-order valence-electron chi connectivity index (χ4n) is 3.64. The number of amides is 1. The van der Waals surface area contributed by atoms with Crippen molar-refractivity contribution in [3.8, 4) is 0 Å². The molecular formula is C18H30N4OS. The number of piperazine rings is 2. The van der Waals surface area contributed by atoms with Crippen molar-refractivity contribution in [3.63, 3.8) is 0 Å². The van der Waals surface area contributed by atoms with Gasteiger partial charge in [0.05, 0.1) is 6.04 Å². The van der Waals surface area contributed by atoms with E-state index in [1.165, 1.54) is 4.88 Å². The molecule has 0 spiro atoms. The molecular weight excluding hydrogens is 320 g/mol. The minimum Gasteiger partial charge on any atom is -0.339 e. The third-order valence-electron chi connectivity index (χ3n) is 5.40. The summed E-state index contributed by atoms with van der Waals surface area (Å²) in [6.45, 7) is 14.3. The Morgan fingerprint density at radius 1 is 1.08 bits per heavy atom. The number of nitrogens with zero attached hydrogens (tertiary/aromatic N) is 4. The van der Waals surface area contributed by atoms with E-state index in [1.807, 2.05) is 11.3 Å². The molecule has 0 saturated carbocycles. The van der Waals surface area contributed by atoms with E-state index in [9.17, 15) is 4.79 Å². The van der Waals surface area contributed by atoms with Crippen LogP contribution in [-0.4, -0.2) is 90.5 Å². The van der Waals surface area contributed by atoms with Crippen LogP contribution in [0.25, 0.3) is 0 Å². The molecule has 2 fully saturated rings. The number of hydrogen-bond donors (Lipinski definition) is 0. The predicted molar refractivity (Wildman–Crippen MR) is 99.3 cm³/mol. The van der Waals surface area contributed by atoms with Gasteiger partial charge in [-0.1, -0.05) is 13.0 Å². The first kappa shape index (κ1) is 17.9. The van der Waals surface area contributed by atoms with Crippen molar-refractivity contribution in [1.82, 2.24) is 19.6 Å². The Morgan fingerprint density at radius 3 is 2.33 bits per heavy atom. The lowest BCUT2D eigenvalue weighted by molar-refractivity contribution is -0.138. The zero-order valence-electron chi connectivity index (χ0n) is 15.0. The van der Waals surface area contributed by atoms with Crippen LogP contribution in [0, 0.1) is 0 Å². The molecule has 1 unspecified atom stereocenters. The van der Waals surface area contributed by atoms with Crippen LogP contribution in [0.1, 0.15) is 18.7 Å². The van der Waals surface area contributed by atoms with E-state index in [0.717, 1.165) is 65.4 Å². The second kappa shape index (κ2) is 8.43. The zero-order chi connectivity index (χ0) is 16.9. The molecule has 0 aliphatic carbocycles. The van der Waals surface area contributed by atoms with Crippen LogP contribution in [0.5, 0.6) is 0 Å². The largest absolute Gasteiger partial charge is 0.339 e. The van der Waals surface area contributed by atoms with Crippen LogP contribution in [0.3, 0.4) is 0 Å². The Morgan fingerprint density at radius 2 is 1.75 bits per heavy atom. The summed E-state index contributed by atoms with van der Waals surface area (Å²) in [5.74, 6) is 0.317. The van der Waals surface area contributed by atoms with Gasteiger partial charge in [-0.2, -0.15) is 0 Å². The van der Waals surface area contributed by atoms with E-state index in [-0.39, 0.29) is 6.04 Å². The molecule has 2 aliphatic heterocycles. The molecule has 0 radical (unpaired) electrons. The number of likely N-dealkylation sites (N-methyl/N-ethyl adjacent to an activating group) is 1. The standard InChI is InChI=1S/C18H30N4OS/c1-3-19-6-12-22(13-7-19)18(23)16(2)21-10-8-20(9-11-21)15-17-5-4-14-24-17/h4-5,14,16H,3,6-13,15H2,1-2H3. The van der Waals surface area contributed by atoms with Gasteiger partial charge in [0.2, 0.25) is 5.91 Å². The summed E-state index contributed by atoms with van der Waals surface area (Å²) < 4.78 is 0. The lowest BCUT2D eigenvalue weighted by Gasteiger charge is -2.40. The second-order valence-electron chi connectivity index (χ2n) is 6.83. The third-order valence-corrected chi connectivity index (χ3v) is 6.26. The molecule has 2 saturated heterocycles. The molecule has 134 valence electrons. The van der Waals surface area contributed by atoms with Gasteiger partial charge in [0, 0.05) is 63.8 Å². The number of carbonyl (C=O) groups excluding carboxylic acids is 1. The summed E-state index contributed by atoms with van der Waals surface area (Å²) in [5, 5.41) is 2.14. The van der Waals surface area contributed by atoms with E-state index >= 15 is 0 Å². The smallest absolute Gasteiger partial charge is 0.239 e. The summed E-state index contributed by atoms with van der Waals surface area (Å²) >= 11 is 1.83. The van der Waals surface area contributed by atoms with Gasteiger partial charge in [0.1, 0.15) is 0 Å². The van der Waals surface area contributed by atoms with E-state index in [1.54, 1.807) is 0 Å². The van der Waals surface area contributed by atoms with Gasteiger partial charge >= 0.3 is 0 Å². The van der Waals surface area contributed by atoms with Gasteiger partial charge in [-0.05, 0) is 24.9 Å². The molecule has 0 N–H and O–H groups in total. The maximum atomic E-state index is 12.8. The van der Waals surface area contributed by atoms with E-state index in [4.69, 9.17) is 0 Å². The first-order valence-electron chi connectivity index (χ1n) is 9.17. The average molecular weight is 351 g/mol. The van der Waals surface area contributed by atoms with Crippen LogP contribution in [0.15, 0.2) is 17.5 Å². The molecule has 1 amide bonds. The second-order valence-corrected chi connectivity index (χ2v) is 7.86. The monoisotopic (exact) mass is 350 g/mol. The SMILES string of the molecule is CCN1CCN(C(=O)C(C)N2CCN(Cc3cccs3)CC2)CC1. The Hall–Kier alpha value is -0.950. The van der Waals surface area contributed by atoms with Crippen molar-refractivity contribution in [2.45, 2.75) is 26.4 Å². The van der Waals surface area contributed by atoms with Gasteiger partial charge in [-0.15, -0.1) is 11.3 Å². The molecule has 3 rings (SSSR count). The predicted octanol–water partition coefficient (Wildman–Crippen LogP) is 1.42. The van der Waals surface area contributed by atoms with Crippen molar-refractivity contribution in [2.24, 2.45) is 0 Å². The van der Waals surface area contributed by atoms with Crippen molar-refractivity contribution in [2.75, 3.05) is 58.9 Å². The first-order valence-corrected chi connectivity index (χ1v) is 10.0. The van der Waals surface area contributed by atoms with E-state index < -0.39 is 0 Å². The van der Waals surface area contributed by atoms with Crippen molar-refractivity contribution < 1.29 is 4.79 Å². The van der Waals surface area contributed by atoms with Crippen molar-refractivity contribution in [3.05, 3.63) is 22.4 Å². The quantitative estimate of drug-likeness (QED) is 0.803. The Bertz CT molecular complexity index is 505. The summed E-state index contributed by atoms with van der Waals surface area (Å²) in [7, 11) is 0. The molecule has 1 aromatic heterocycles. The summed E-state index contributed by atoms with van der Waals surface area (Å²) in [5.41, 5.74) is 0. The molecule has 5 nitrogen and oxygen atoms in total. The number of hydrogen-bond acceptors (Lipinski definition) is 5. The maximum absolute atomic E-state index is 12.8. The lowest BCUT2D eigenvalue weighted by atomic mass is 10.2. The van der Waals surface area contributed by atoms with Gasteiger partial charge in [0.25, 0.3) is 0 Å².